The number of rotatable bonds is 9. The standard InChI is InChI=1S/C32H49N3O6S/c1-7-17-34(6)21-31-24(3)20-35(25(4)22-36)32(37)29-19-27(33-42(38,39)28-14-11-23(2)12-15-28)13-16-30(29)41-26(5)10-8-9-18-40-31/h11-16,19,24-26,31,33,36H,7-10,17-18,20-22H2,1-6H3/t24-,25+,26+,31+/m1/s1. The summed E-state index contributed by atoms with van der Waals surface area (Å²) in [5.74, 6) is 0.0394. The van der Waals surface area contributed by atoms with Crippen LogP contribution in [-0.2, 0) is 14.8 Å². The highest BCUT2D eigenvalue weighted by molar-refractivity contribution is 7.92. The van der Waals surface area contributed by atoms with Crippen molar-refractivity contribution in [2.75, 3.05) is 44.6 Å². The van der Waals surface area contributed by atoms with Crippen molar-refractivity contribution in [1.82, 2.24) is 9.80 Å². The Morgan fingerprint density at radius 1 is 1.14 bits per heavy atom. The largest absolute Gasteiger partial charge is 0.490 e. The fourth-order valence-corrected chi connectivity index (χ4v) is 6.21. The molecule has 0 unspecified atom stereocenters. The van der Waals surface area contributed by atoms with E-state index >= 15 is 0 Å². The molecular formula is C32H49N3O6S. The normalized spacial score (nSPS) is 21.8. The zero-order valence-corrected chi connectivity index (χ0v) is 26.8. The van der Waals surface area contributed by atoms with Gasteiger partial charge in [0.25, 0.3) is 15.9 Å². The molecule has 4 atom stereocenters. The number of sulfonamides is 1. The monoisotopic (exact) mass is 603 g/mol. The SMILES string of the molecule is CCCN(C)C[C@@H]1OCCCC[C@H](C)Oc2ccc(NS(=O)(=O)c3ccc(C)cc3)cc2C(=O)N([C@@H](C)CO)C[C@H]1C. The first-order valence-corrected chi connectivity index (χ1v) is 16.6. The van der Waals surface area contributed by atoms with Crippen molar-refractivity contribution >= 4 is 21.6 Å². The summed E-state index contributed by atoms with van der Waals surface area (Å²) in [6, 6.07) is 10.9. The lowest BCUT2D eigenvalue weighted by Gasteiger charge is -2.35. The summed E-state index contributed by atoms with van der Waals surface area (Å²) in [6.45, 7) is 12.4. The lowest BCUT2D eigenvalue weighted by atomic mass is 10.0. The highest BCUT2D eigenvalue weighted by atomic mass is 32.2. The molecule has 1 aliphatic rings. The van der Waals surface area contributed by atoms with Gasteiger partial charge in [0.15, 0.2) is 0 Å². The number of aliphatic hydroxyl groups excluding tert-OH is 1. The third-order valence-electron chi connectivity index (χ3n) is 7.73. The number of ether oxygens (including phenoxy) is 2. The van der Waals surface area contributed by atoms with Gasteiger partial charge in [0.05, 0.1) is 35.3 Å². The molecule has 42 heavy (non-hydrogen) atoms. The van der Waals surface area contributed by atoms with Crippen LogP contribution < -0.4 is 9.46 Å². The Balaban J connectivity index is 2.00. The minimum atomic E-state index is -3.88. The summed E-state index contributed by atoms with van der Waals surface area (Å²) >= 11 is 0. The first-order valence-electron chi connectivity index (χ1n) is 15.1. The molecule has 0 aliphatic carbocycles. The molecule has 0 saturated heterocycles. The number of carbonyl (C=O) groups is 1. The van der Waals surface area contributed by atoms with Gasteiger partial charge >= 0.3 is 0 Å². The number of amides is 1. The van der Waals surface area contributed by atoms with E-state index in [4.69, 9.17) is 9.47 Å². The molecule has 2 aromatic rings. The predicted molar refractivity (Wildman–Crippen MR) is 167 cm³/mol. The maximum absolute atomic E-state index is 14.2. The lowest BCUT2D eigenvalue weighted by molar-refractivity contribution is -0.0167. The summed E-state index contributed by atoms with van der Waals surface area (Å²) < 4.78 is 41.5. The Hall–Kier alpha value is -2.66. The summed E-state index contributed by atoms with van der Waals surface area (Å²) in [5, 5.41) is 10.1. The Morgan fingerprint density at radius 2 is 1.86 bits per heavy atom. The average molecular weight is 604 g/mol. The van der Waals surface area contributed by atoms with Crippen molar-refractivity contribution < 1.29 is 27.8 Å². The second kappa shape index (κ2) is 15.7. The Bertz CT molecular complexity index is 1250. The van der Waals surface area contributed by atoms with E-state index < -0.39 is 16.1 Å². The van der Waals surface area contributed by atoms with Gasteiger partial charge < -0.3 is 24.4 Å². The van der Waals surface area contributed by atoms with Gasteiger partial charge in [-0.15, -0.1) is 0 Å². The number of benzene rings is 2. The number of carbonyl (C=O) groups excluding carboxylic acids is 1. The van der Waals surface area contributed by atoms with E-state index in [9.17, 15) is 18.3 Å². The van der Waals surface area contributed by atoms with E-state index in [1.807, 2.05) is 13.8 Å². The van der Waals surface area contributed by atoms with Crippen molar-refractivity contribution in [3.05, 3.63) is 53.6 Å². The van der Waals surface area contributed by atoms with Crippen LogP contribution in [0.3, 0.4) is 0 Å². The molecule has 0 radical (unpaired) electrons. The molecule has 0 fully saturated rings. The van der Waals surface area contributed by atoms with Crippen LogP contribution >= 0.6 is 0 Å². The van der Waals surface area contributed by atoms with Gasteiger partial charge in [0.1, 0.15) is 5.75 Å². The van der Waals surface area contributed by atoms with E-state index in [1.54, 1.807) is 48.2 Å². The van der Waals surface area contributed by atoms with Crippen LogP contribution in [0.15, 0.2) is 47.4 Å². The molecule has 9 nitrogen and oxygen atoms in total. The van der Waals surface area contributed by atoms with E-state index in [0.717, 1.165) is 44.3 Å². The van der Waals surface area contributed by atoms with Gasteiger partial charge in [0, 0.05) is 31.3 Å². The van der Waals surface area contributed by atoms with Gasteiger partial charge in [0.2, 0.25) is 0 Å². The fourth-order valence-electron chi connectivity index (χ4n) is 5.16. The quantitative estimate of drug-likeness (QED) is 0.418. The minimum Gasteiger partial charge on any atom is -0.490 e. The van der Waals surface area contributed by atoms with Gasteiger partial charge in [-0.25, -0.2) is 8.42 Å². The molecule has 0 spiro atoms. The zero-order chi connectivity index (χ0) is 30.9. The van der Waals surface area contributed by atoms with Crippen LogP contribution in [0, 0.1) is 12.8 Å². The number of hydrogen-bond acceptors (Lipinski definition) is 7. The van der Waals surface area contributed by atoms with Crippen LogP contribution in [0.25, 0.3) is 0 Å². The van der Waals surface area contributed by atoms with Gasteiger partial charge in [-0.3, -0.25) is 9.52 Å². The van der Waals surface area contributed by atoms with Gasteiger partial charge in [-0.05, 0) is 90.4 Å². The molecular weight excluding hydrogens is 554 g/mol. The number of aryl methyl sites for hydroxylation is 1. The van der Waals surface area contributed by atoms with E-state index in [0.29, 0.717) is 18.9 Å². The second-order valence-corrected chi connectivity index (χ2v) is 13.4. The maximum atomic E-state index is 14.2. The van der Waals surface area contributed by atoms with Gasteiger partial charge in [-0.1, -0.05) is 31.5 Å². The van der Waals surface area contributed by atoms with Crippen molar-refractivity contribution in [3.8, 4) is 5.75 Å². The highest BCUT2D eigenvalue weighted by Crippen LogP contribution is 2.29. The number of fused-ring (bicyclic) bond motifs is 1. The second-order valence-electron chi connectivity index (χ2n) is 11.7. The van der Waals surface area contributed by atoms with Crippen LogP contribution in [0.2, 0.25) is 0 Å². The third kappa shape index (κ3) is 9.42. The molecule has 1 amide bonds. The fraction of sp³-hybridized carbons (Fsp3) is 0.594. The number of aliphatic hydroxyl groups is 1. The Morgan fingerprint density at radius 3 is 2.52 bits per heavy atom. The molecule has 3 rings (SSSR count). The Kier molecular flexibility index (Phi) is 12.7. The van der Waals surface area contributed by atoms with E-state index in [1.165, 1.54) is 6.07 Å². The highest BCUT2D eigenvalue weighted by Gasteiger charge is 2.30. The molecule has 1 heterocycles. The molecule has 0 bridgehead atoms. The number of nitrogens with zero attached hydrogens (tertiary/aromatic N) is 2. The number of nitrogens with one attached hydrogen (secondary N) is 1. The number of hydrogen-bond donors (Lipinski definition) is 2. The molecule has 10 heteroatoms. The molecule has 2 N–H and O–H groups in total. The van der Waals surface area contributed by atoms with Crippen molar-refractivity contribution in [1.29, 1.82) is 0 Å². The number of likely N-dealkylation sites (N-methyl/N-ethyl adjacent to an activating group) is 1. The van der Waals surface area contributed by atoms with Gasteiger partial charge in [-0.2, -0.15) is 0 Å². The van der Waals surface area contributed by atoms with E-state index in [-0.39, 0.29) is 46.8 Å². The zero-order valence-electron chi connectivity index (χ0n) is 26.0. The van der Waals surface area contributed by atoms with Crippen LogP contribution in [-0.4, -0.2) is 87.4 Å². The molecule has 0 saturated carbocycles. The first-order chi connectivity index (χ1) is 19.9. The van der Waals surface area contributed by atoms with Crippen molar-refractivity contribution in [3.63, 3.8) is 0 Å². The summed E-state index contributed by atoms with van der Waals surface area (Å²) in [5.41, 5.74) is 1.46. The van der Waals surface area contributed by atoms with E-state index in [2.05, 4.69) is 30.5 Å². The lowest BCUT2D eigenvalue weighted by Crippen LogP contribution is -2.47. The molecule has 0 aromatic heterocycles. The molecule has 1 aliphatic heterocycles. The predicted octanol–water partition coefficient (Wildman–Crippen LogP) is 4.93. The van der Waals surface area contributed by atoms with Crippen molar-refractivity contribution in [2.45, 2.75) is 83.4 Å². The van der Waals surface area contributed by atoms with Crippen LogP contribution in [0.5, 0.6) is 5.75 Å². The molecule has 2 aromatic carbocycles. The summed E-state index contributed by atoms with van der Waals surface area (Å²) in [7, 11) is -1.80. The summed E-state index contributed by atoms with van der Waals surface area (Å²) in [4.78, 5) is 18.3. The average Bonchev–Trinajstić information content (AvgIpc) is 2.94. The minimum absolute atomic E-state index is 0.0169. The van der Waals surface area contributed by atoms with Crippen LogP contribution in [0.4, 0.5) is 5.69 Å². The maximum Gasteiger partial charge on any atom is 0.261 e. The third-order valence-corrected chi connectivity index (χ3v) is 9.13. The first kappa shape index (κ1) is 33.8. The van der Waals surface area contributed by atoms with Crippen LogP contribution in [0.1, 0.15) is 69.3 Å². The smallest absolute Gasteiger partial charge is 0.261 e. The molecule has 234 valence electrons. The Labute approximate surface area is 252 Å². The topological polar surface area (TPSA) is 108 Å². The van der Waals surface area contributed by atoms with Crippen molar-refractivity contribution in [2.24, 2.45) is 5.92 Å². The number of anilines is 1. The summed E-state index contributed by atoms with van der Waals surface area (Å²) in [6.07, 6.45) is 3.38.